The first-order chi connectivity index (χ1) is 6.15. The molecule has 0 heterocycles. The summed E-state index contributed by atoms with van der Waals surface area (Å²) in [6.07, 6.45) is 6.33. The number of hydrogen-bond donors (Lipinski definition) is 1. The number of hydrogen-bond acceptors (Lipinski definition) is 1. The highest BCUT2D eigenvalue weighted by molar-refractivity contribution is 6.32. The predicted molar refractivity (Wildman–Crippen MR) is 60.7 cm³/mol. The lowest BCUT2D eigenvalue weighted by Gasteiger charge is -2.03. The van der Waals surface area contributed by atoms with Crippen LogP contribution in [0.3, 0.4) is 0 Å². The van der Waals surface area contributed by atoms with Crippen molar-refractivity contribution in [2.45, 2.75) is 13.3 Å². The van der Waals surface area contributed by atoms with Crippen LogP contribution in [0.25, 0.3) is 0 Å². The molecule has 2 heteroatoms. The van der Waals surface area contributed by atoms with Gasteiger partial charge in [-0.15, -0.1) is 0 Å². The van der Waals surface area contributed by atoms with Crippen LogP contribution >= 0.6 is 11.6 Å². The minimum atomic E-state index is 0.710. The van der Waals surface area contributed by atoms with Crippen molar-refractivity contribution in [1.82, 2.24) is 5.32 Å². The highest BCUT2D eigenvalue weighted by atomic mass is 35.5. The normalized spacial score (nSPS) is 12.5. The lowest BCUT2D eigenvalue weighted by atomic mass is 10.1. The molecule has 0 bridgehead atoms. The van der Waals surface area contributed by atoms with Gasteiger partial charge in [-0.1, -0.05) is 43.8 Å². The van der Waals surface area contributed by atoms with Crippen molar-refractivity contribution in [3.05, 3.63) is 47.7 Å². The van der Waals surface area contributed by atoms with Crippen molar-refractivity contribution >= 4 is 11.6 Å². The van der Waals surface area contributed by atoms with Crippen molar-refractivity contribution in [3.63, 3.8) is 0 Å². The Morgan fingerprint density at radius 1 is 1.54 bits per heavy atom. The fraction of sp³-hybridized carbons (Fsp3) is 0.273. The van der Waals surface area contributed by atoms with Crippen LogP contribution in [0.2, 0.25) is 0 Å². The molecule has 0 unspecified atom stereocenters. The van der Waals surface area contributed by atoms with E-state index in [9.17, 15) is 0 Å². The van der Waals surface area contributed by atoms with Crippen LogP contribution in [0.15, 0.2) is 47.7 Å². The van der Waals surface area contributed by atoms with Gasteiger partial charge in [0, 0.05) is 17.8 Å². The zero-order valence-electron chi connectivity index (χ0n) is 8.23. The summed E-state index contributed by atoms with van der Waals surface area (Å²) in [7, 11) is 1.81. The molecule has 0 aliphatic heterocycles. The second-order valence-electron chi connectivity index (χ2n) is 2.55. The topological polar surface area (TPSA) is 12.0 Å². The van der Waals surface area contributed by atoms with E-state index in [2.05, 4.69) is 18.5 Å². The molecule has 0 aromatic rings. The molecular weight excluding hydrogens is 182 g/mol. The van der Waals surface area contributed by atoms with Gasteiger partial charge >= 0.3 is 0 Å². The van der Waals surface area contributed by atoms with Gasteiger partial charge in [-0.2, -0.15) is 0 Å². The summed E-state index contributed by atoms with van der Waals surface area (Å²) >= 11 is 6.04. The summed E-state index contributed by atoms with van der Waals surface area (Å²) in [6, 6.07) is 0. The molecule has 0 aliphatic rings. The first-order valence-electron chi connectivity index (χ1n) is 4.21. The van der Waals surface area contributed by atoms with Gasteiger partial charge in [-0.25, -0.2) is 0 Å². The van der Waals surface area contributed by atoms with Gasteiger partial charge in [0.1, 0.15) is 0 Å². The smallest absolute Gasteiger partial charge is 0.0458 e. The highest BCUT2D eigenvalue weighted by Gasteiger charge is 1.98. The van der Waals surface area contributed by atoms with Crippen molar-refractivity contribution < 1.29 is 0 Å². The summed E-state index contributed by atoms with van der Waals surface area (Å²) < 4.78 is 0. The molecule has 0 aliphatic carbocycles. The molecule has 0 atom stereocenters. The Bertz CT molecular complexity index is 249. The summed E-state index contributed by atoms with van der Waals surface area (Å²) in [5.74, 6) is 0. The van der Waals surface area contributed by atoms with E-state index in [4.69, 9.17) is 11.6 Å². The summed E-state index contributed by atoms with van der Waals surface area (Å²) in [6.45, 7) is 9.44. The van der Waals surface area contributed by atoms with E-state index in [1.165, 1.54) is 0 Å². The van der Waals surface area contributed by atoms with Gasteiger partial charge in [-0.3, -0.25) is 0 Å². The van der Waals surface area contributed by atoms with E-state index >= 15 is 0 Å². The zero-order chi connectivity index (χ0) is 10.3. The fourth-order valence-corrected chi connectivity index (χ4v) is 1.15. The minimum Gasteiger partial charge on any atom is -0.389 e. The molecular formula is C11H16ClN. The standard InChI is InChI=1S/C11H16ClN/c1-5-7-10(6-2)11(12)8-9(3)13-4/h5,7-8,13H,1,3,6H2,2,4H3/b10-7-,11-8+. The molecule has 0 saturated heterocycles. The van der Waals surface area contributed by atoms with Gasteiger partial charge in [-0.05, 0) is 18.1 Å². The predicted octanol–water partition coefficient (Wildman–Crippen LogP) is 3.36. The lowest BCUT2D eigenvalue weighted by Crippen LogP contribution is -2.01. The highest BCUT2D eigenvalue weighted by Crippen LogP contribution is 2.18. The maximum atomic E-state index is 6.04. The Balaban J connectivity index is 4.63. The Kier molecular flexibility index (Phi) is 6.07. The number of nitrogens with one attached hydrogen (secondary N) is 1. The molecule has 0 amide bonds. The Morgan fingerprint density at radius 2 is 2.15 bits per heavy atom. The SMILES string of the molecule is C=C/C=C(CC)\C(Cl)=C/C(=C)NC. The average Bonchev–Trinajstić information content (AvgIpc) is 2.13. The average molecular weight is 198 g/mol. The van der Waals surface area contributed by atoms with Crippen molar-refractivity contribution in [2.75, 3.05) is 7.05 Å². The van der Waals surface area contributed by atoms with Gasteiger partial charge in [0.05, 0.1) is 0 Å². The van der Waals surface area contributed by atoms with Crippen LogP contribution in [0.5, 0.6) is 0 Å². The van der Waals surface area contributed by atoms with Crippen LogP contribution in [0, 0.1) is 0 Å². The van der Waals surface area contributed by atoms with Crippen molar-refractivity contribution in [1.29, 1.82) is 0 Å². The second-order valence-corrected chi connectivity index (χ2v) is 2.96. The monoisotopic (exact) mass is 197 g/mol. The van der Waals surface area contributed by atoms with Crippen LogP contribution in [0.1, 0.15) is 13.3 Å². The van der Waals surface area contributed by atoms with Crippen LogP contribution in [-0.2, 0) is 0 Å². The summed E-state index contributed by atoms with van der Waals surface area (Å²) in [5, 5.41) is 3.62. The van der Waals surface area contributed by atoms with E-state index in [-0.39, 0.29) is 0 Å². The van der Waals surface area contributed by atoms with Gasteiger partial charge in [0.15, 0.2) is 0 Å². The van der Waals surface area contributed by atoms with Crippen molar-refractivity contribution in [3.8, 4) is 0 Å². The van der Waals surface area contributed by atoms with Crippen LogP contribution < -0.4 is 5.32 Å². The lowest BCUT2D eigenvalue weighted by molar-refractivity contribution is 1.03. The third kappa shape index (κ3) is 4.58. The molecule has 0 spiro atoms. The number of allylic oxidation sites excluding steroid dienone is 5. The molecule has 1 N–H and O–H groups in total. The van der Waals surface area contributed by atoms with E-state index in [1.807, 2.05) is 20.0 Å². The van der Waals surface area contributed by atoms with Crippen LogP contribution in [-0.4, -0.2) is 7.05 Å². The Morgan fingerprint density at radius 3 is 2.54 bits per heavy atom. The van der Waals surface area contributed by atoms with Gasteiger partial charge in [0.2, 0.25) is 0 Å². The molecule has 13 heavy (non-hydrogen) atoms. The largest absolute Gasteiger partial charge is 0.389 e. The quantitative estimate of drug-likeness (QED) is 0.667. The third-order valence-electron chi connectivity index (χ3n) is 1.63. The van der Waals surface area contributed by atoms with Crippen LogP contribution in [0.4, 0.5) is 0 Å². The first-order valence-corrected chi connectivity index (χ1v) is 4.59. The fourth-order valence-electron chi connectivity index (χ4n) is 0.826. The van der Waals surface area contributed by atoms with Crippen molar-refractivity contribution in [2.24, 2.45) is 0 Å². The van der Waals surface area contributed by atoms with E-state index in [0.717, 1.165) is 17.7 Å². The molecule has 0 aromatic carbocycles. The second kappa shape index (κ2) is 6.55. The minimum absolute atomic E-state index is 0.710. The van der Waals surface area contributed by atoms with Gasteiger partial charge in [0.25, 0.3) is 0 Å². The molecule has 1 nitrogen and oxygen atoms in total. The maximum Gasteiger partial charge on any atom is 0.0458 e. The molecule has 0 fully saturated rings. The maximum absolute atomic E-state index is 6.04. The number of halogens is 1. The first kappa shape index (κ1) is 12.0. The molecule has 0 rings (SSSR count). The number of rotatable bonds is 5. The van der Waals surface area contributed by atoms with E-state index in [1.54, 1.807) is 12.2 Å². The van der Waals surface area contributed by atoms with Gasteiger partial charge < -0.3 is 5.32 Å². The molecule has 0 radical (unpaired) electrons. The Labute approximate surface area is 85.5 Å². The third-order valence-corrected chi connectivity index (χ3v) is 1.98. The molecule has 72 valence electrons. The molecule has 0 saturated carbocycles. The summed E-state index contributed by atoms with van der Waals surface area (Å²) in [4.78, 5) is 0. The van der Waals surface area contributed by atoms with E-state index in [0.29, 0.717) is 5.03 Å². The molecule has 0 aromatic heterocycles. The zero-order valence-corrected chi connectivity index (χ0v) is 8.99. The number of likely N-dealkylation sites (N-methyl/N-ethyl adjacent to an activating group) is 1. The summed E-state index contributed by atoms with van der Waals surface area (Å²) in [5.41, 5.74) is 1.86. The Hall–Kier alpha value is -0.950. The van der Waals surface area contributed by atoms with E-state index < -0.39 is 0 Å².